The summed E-state index contributed by atoms with van der Waals surface area (Å²) in [5.41, 5.74) is 7.84. The second-order valence-electron chi connectivity index (χ2n) is 4.27. The van der Waals surface area contributed by atoms with Crippen LogP contribution in [-0.4, -0.2) is 31.6 Å². The average molecular weight is 282 g/mol. The third kappa shape index (κ3) is 5.42. The molecule has 0 aliphatic rings. The number of thioether (sulfide) groups is 1. The van der Waals surface area contributed by atoms with E-state index < -0.39 is 0 Å². The predicted molar refractivity (Wildman–Crippen MR) is 82.9 cm³/mol. The van der Waals surface area contributed by atoms with Crippen LogP contribution in [0.1, 0.15) is 29.6 Å². The molecule has 1 aromatic rings. The summed E-state index contributed by atoms with van der Waals surface area (Å²) in [5.74, 6) is 0.864. The fourth-order valence-corrected chi connectivity index (χ4v) is 2.22. The Hall–Kier alpha value is -1.36. The molecule has 0 atom stereocenters. The summed E-state index contributed by atoms with van der Waals surface area (Å²) in [6.07, 6.45) is 5.66. The maximum atomic E-state index is 11.4. The number of anilines is 2. The Morgan fingerprint density at radius 3 is 2.84 bits per heavy atom. The minimum Gasteiger partial charge on any atom is -0.465 e. The van der Waals surface area contributed by atoms with Crippen LogP contribution in [0.4, 0.5) is 11.4 Å². The largest absolute Gasteiger partial charge is 0.465 e. The minimum absolute atomic E-state index is 0.344. The minimum atomic E-state index is -0.344. The van der Waals surface area contributed by atoms with Crippen molar-refractivity contribution in [1.29, 1.82) is 0 Å². The zero-order valence-corrected chi connectivity index (χ0v) is 12.4. The quantitative estimate of drug-likeness (QED) is 0.436. The Bertz CT molecular complexity index is 410. The van der Waals surface area contributed by atoms with Crippen molar-refractivity contribution in [2.45, 2.75) is 19.3 Å². The number of nitrogens with two attached hydrogens (primary N) is 1. The van der Waals surface area contributed by atoms with Crippen LogP contribution >= 0.6 is 11.8 Å². The highest BCUT2D eigenvalue weighted by atomic mass is 32.2. The highest BCUT2D eigenvalue weighted by Gasteiger charge is 2.07. The summed E-state index contributed by atoms with van der Waals surface area (Å²) in [5, 5.41) is 3.27. The molecule has 0 amide bonds. The van der Waals surface area contributed by atoms with Gasteiger partial charge in [0.1, 0.15) is 0 Å². The van der Waals surface area contributed by atoms with Crippen LogP contribution in [0, 0.1) is 0 Å². The van der Waals surface area contributed by atoms with Crippen molar-refractivity contribution in [2.75, 3.05) is 36.7 Å². The molecule has 0 unspecified atom stereocenters. The number of rotatable bonds is 8. The van der Waals surface area contributed by atoms with Gasteiger partial charge in [0, 0.05) is 6.54 Å². The van der Waals surface area contributed by atoms with Gasteiger partial charge < -0.3 is 15.8 Å². The number of hydrogen-bond donors (Lipinski definition) is 2. The smallest absolute Gasteiger partial charge is 0.337 e. The first-order valence-corrected chi connectivity index (χ1v) is 7.79. The van der Waals surface area contributed by atoms with Gasteiger partial charge in [-0.25, -0.2) is 4.79 Å². The summed E-state index contributed by atoms with van der Waals surface area (Å²) < 4.78 is 4.69. The topological polar surface area (TPSA) is 64.3 Å². The number of carbonyl (C=O) groups is 1. The highest BCUT2D eigenvalue weighted by Crippen LogP contribution is 2.20. The van der Waals surface area contributed by atoms with Gasteiger partial charge in [0.15, 0.2) is 0 Å². The Balaban J connectivity index is 2.46. The first kappa shape index (κ1) is 15.7. The van der Waals surface area contributed by atoms with E-state index in [9.17, 15) is 4.79 Å². The molecule has 0 fully saturated rings. The molecule has 0 heterocycles. The second kappa shape index (κ2) is 8.69. The zero-order chi connectivity index (χ0) is 14.1. The number of benzene rings is 1. The Morgan fingerprint density at radius 2 is 2.16 bits per heavy atom. The number of carbonyl (C=O) groups excluding carboxylic acids is 1. The van der Waals surface area contributed by atoms with Crippen molar-refractivity contribution in [3.63, 3.8) is 0 Å². The maximum Gasteiger partial charge on any atom is 0.337 e. The number of esters is 1. The molecule has 106 valence electrons. The summed E-state index contributed by atoms with van der Waals surface area (Å²) in [6.45, 7) is 0.864. The maximum absolute atomic E-state index is 11.4. The lowest BCUT2D eigenvalue weighted by Gasteiger charge is -2.10. The molecule has 5 heteroatoms. The van der Waals surface area contributed by atoms with Gasteiger partial charge in [-0.2, -0.15) is 11.8 Å². The number of ether oxygens (including phenoxy) is 1. The molecule has 0 aromatic heterocycles. The molecule has 0 bridgehead atoms. The standard InChI is InChI=1S/C14H22N2O2S/c1-18-14(17)11-6-7-12(15)13(10-11)16-8-4-3-5-9-19-2/h6-7,10,16H,3-5,8-9,15H2,1-2H3. The molecule has 1 aromatic carbocycles. The number of nitrogens with one attached hydrogen (secondary N) is 1. The molecular weight excluding hydrogens is 260 g/mol. The van der Waals surface area contributed by atoms with Gasteiger partial charge in [-0.05, 0) is 43.0 Å². The second-order valence-corrected chi connectivity index (χ2v) is 5.26. The van der Waals surface area contributed by atoms with Gasteiger partial charge in [-0.15, -0.1) is 0 Å². The highest BCUT2D eigenvalue weighted by molar-refractivity contribution is 7.98. The van der Waals surface area contributed by atoms with Gasteiger partial charge in [0.2, 0.25) is 0 Å². The van der Waals surface area contributed by atoms with Gasteiger partial charge in [-0.1, -0.05) is 6.42 Å². The molecule has 4 nitrogen and oxygen atoms in total. The van der Waals surface area contributed by atoms with Crippen molar-refractivity contribution in [3.8, 4) is 0 Å². The lowest BCUT2D eigenvalue weighted by Crippen LogP contribution is -2.07. The molecule has 1 rings (SSSR count). The summed E-state index contributed by atoms with van der Waals surface area (Å²) in [6, 6.07) is 5.14. The molecule has 0 saturated heterocycles. The van der Waals surface area contributed by atoms with Crippen LogP contribution in [-0.2, 0) is 4.74 Å². The van der Waals surface area contributed by atoms with E-state index in [-0.39, 0.29) is 5.97 Å². The molecule has 0 radical (unpaired) electrons. The van der Waals surface area contributed by atoms with Gasteiger partial charge in [-0.3, -0.25) is 0 Å². The third-order valence-electron chi connectivity index (χ3n) is 2.82. The van der Waals surface area contributed by atoms with E-state index in [2.05, 4.69) is 11.6 Å². The lowest BCUT2D eigenvalue weighted by molar-refractivity contribution is 0.0601. The van der Waals surface area contributed by atoms with Crippen LogP contribution < -0.4 is 11.1 Å². The molecular formula is C14H22N2O2S. The van der Waals surface area contributed by atoms with E-state index in [0.717, 1.165) is 18.7 Å². The van der Waals surface area contributed by atoms with Crippen LogP contribution in [0.15, 0.2) is 18.2 Å². The fraction of sp³-hybridized carbons (Fsp3) is 0.500. The molecule has 0 spiro atoms. The van der Waals surface area contributed by atoms with Crippen molar-refractivity contribution in [2.24, 2.45) is 0 Å². The number of methoxy groups -OCH3 is 1. The Labute approximate surface area is 119 Å². The molecule has 0 aliphatic carbocycles. The van der Waals surface area contributed by atoms with Crippen LogP contribution in [0.5, 0.6) is 0 Å². The lowest BCUT2D eigenvalue weighted by atomic mass is 10.1. The summed E-state index contributed by atoms with van der Waals surface area (Å²) in [7, 11) is 1.37. The number of unbranched alkanes of at least 4 members (excludes halogenated alkanes) is 2. The first-order chi connectivity index (χ1) is 9.19. The normalized spacial score (nSPS) is 10.2. The number of hydrogen-bond acceptors (Lipinski definition) is 5. The van der Waals surface area contributed by atoms with Gasteiger partial charge in [0.05, 0.1) is 24.0 Å². The zero-order valence-electron chi connectivity index (χ0n) is 11.6. The van der Waals surface area contributed by atoms with E-state index in [4.69, 9.17) is 10.5 Å². The van der Waals surface area contributed by atoms with Crippen molar-refractivity contribution in [3.05, 3.63) is 23.8 Å². The van der Waals surface area contributed by atoms with E-state index in [1.54, 1.807) is 18.2 Å². The summed E-state index contributed by atoms with van der Waals surface area (Å²) in [4.78, 5) is 11.4. The van der Waals surface area contributed by atoms with Crippen LogP contribution in [0.25, 0.3) is 0 Å². The van der Waals surface area contributed by atoms with E-state index in [1.165, 1.54) is 25.7 Å². The van der Waals surface area contributed by atoms with Crippen molar-refractivity contribution in [1.82, 2.24) is 0 Å². The summed E-state index contributed by atoms with van der Waals surface area (Å²) >= 11 is 1.87. The fourth-order valence-electron chi connectivity index (χ4n) is 1.73. The van der Waals surface area contributed by atoms with Crippen LogP contribution in [0.3, 0.4) is 0 Å². The van der Waals surface area contributed by atoms with Gasteiger partial charge in [0.25, 0.3) is 0 Å². The molecule has 3 N–H and O–H groups in total. The van der Waals surface area contributed by atoms with Crippen molar-refractivity contribution < 1.29 is 9.53 Å². The molecule has 19 heavy (non-hydrogen) atoms. The third-order valence-corrected chi connectivity index (χ3v) is 3.51. The molecule has 0 aliphatic heterocycles. The SMILES string of the molecule is COC(=O)c1ccc(N)c(NCCCCCSC)c1. The Morgan fingerprint density at radius 1 is 1.37 bits per heavy atom. The van der Waals surface area contributed by atoms with Gasteiger partial charge >= 0.3 is 5.97 Å². The predicted octanol–water partition coefficient (Wildman–Crippen LogP) is 3.00. The Kier molecular flexibility index (Phi) is 7.18. The van der Waals surface area contributed by atoms with Crippen molar-refractivity contribution >= 4 is 29.1 Å². The first-order valence-electron chi connectivity index (χ1n) is 6.39. The monoisotopic (exact) mass is 282 g/mol. The molecule has 0 saturated carbocycles. The van der Waals surface area contributed by atoms with Crippen LogP contribution in [0.2, 0.25) is 0 Å². The number of nitrogen functional groups attached to an aromatic ring is 1. The van der Waals surface area contributed by atoms with E-state index in [0.29, 0.717) is 11.3 Å². The van der Waals surface area contributed by atoms with E-state index >= 15 is 0 Å². The van der Waals surface area contributed by atoms with E-state index in [1.807, 2.05) is 11.8 Å². The average Bonchev–Trinajstić information content (AvgIpc) is 2.43.